The lowest BCUT2D eigenvalue weighted by Gasteiger charge is -2.10. The first-order chi connectivity index (χ1) is 11.9. The smallest absolute Gasteiger partial charge is 0.261 e. The molecule has 0 heterocycles. The summed E-state index contributed by atoms with van der Waals surface area (Å²) in [7, 11) is -3.76. The largest absolute Gasteiger partial charge is 0.352 e. The molecule has 0 aliphatic rings. The van der Waals surface area contributed by atoms with Gasteiger partial charge in [-0.3, -0.25) is 9.52 Å². The molecule has 2 rings (SSSR count). The van der Waals surface area contributed by atoms with Crippen molar-refractivity contribution >= 4 is 34.0 Å². The van der Waals surface area contributed by atoms with Gasteiger partial charge in [-0.25, -0.2) is 8.42 Å². The maximum atomic E-state index is 12.5. The molecular weight excluding hydrogens is 374 g/mol. The second kappa shape index (κ2) is 10.2. The van der Waals surface area contributed by atoms with Gasteiger partial charge in [0.1, 0.15) is 0 Å². The molecule has 0 fully saturated rings. The summed E-state index contributed by atoms with van der Waals surface area (Å²) in [4.78, 5) is 12.2. The summed E-state index contributed by atoms with van der Waals surface area (Å²) < 4.78 is 27.6. The van der Waals surface area contributed by atoms with Crippen LogP contribution in [0.3, 0.4) is 0 Å². The van der Waals surface area contributed by atoms with Crippen LogP contribution in [0.1, 0.15) is 28.8 Å². The number of anilines is 1. The summed E-state index contributed by atoms with van der Waals surface area (Å²) in [5.41, 5.74) is 7.15. The third kappa shape index (κ3) is 6.33. The molecule has 0 atom stereocenters. The fraction of sp³-hybridized carbons (Fsp3) is 0.278. The van der Waals surface area contributed by atoms with Crippen molar-refractivity contribution in [3.05, 3.63) is 59.7 Å². The predicted octanol–water partition coefficient (Wildman–Crippen LogP) is 2.69. The molecule has 0 aliphatic carbocycles. The minimum atomic E-state index is -3.76. The van der Waals surface area contributed by atoms with Gasteiger partial charge in [0, 0.05) is 17.8 Å². The van der Waals surface area contributed by atoms with E-state index in [-0.39, 0.29) is 23.2 Å². The van der Waals surface area contributed by atoms with Gasteiger partial charge in [0.15, 0.2) is 0 Å². The van der Waals surface area contributed by atoms with E-state index in [2.05, 4.69) is 10.0 Å². The van der Waals surface area contributed by atoms with E-state index in [0.717, 1.165) is 18.4 Å². The van der Waals surface area contributed by atoms with Crippen LogP contribution in [0.15, 0.2) is 53.4 Å². The van der Waals surface area contributed by atoms with Crippen molar-refractivity contribution in [1.82, 2.24) is 5.32 Å². The summed E-state index contributed by atoms with van der Waals surface area (Å²) in [6, 6.07) is 13.1. The van der Waals surface area contributed by atoms with Crippen LogP contribution in [-0.4, -0.2) is 27.4 Å². The minimum absolute atomic E-state index is 0. The SMILES string of the molecule is Cc1cccc(NS(=O)(=O)c2cccc(C(=O)NCCCCN)c2)c1.Cl. The summed E-state index contributed by atoms with van der Waals surface area (Å²) >= 11 is 0. The van der Waals surface area contributed by atoms with E-state index < -0.39 is 10.0 Å². The van der Waals surface area contributed by atoms with Crippen LogP contribution < -0.4 is 15.8 Å². The first kappa shape index (κ1) is 22.0. The normalized spacial score (nSPS) is 10.7. The lowest BCUT2D eigenvalue weighted by Crippen LogP contribution is -2.25. The Hall–Kier alpha value is -2.09. The standard InChI is InChI=1S/C18H23N3O3S.ClH/c1-14-6-4-8-16(12-14)21-25(23,24)17-9-5-7-15(13-17)18(22)20-11-3-2-10-19;/h4-9,12-13,21H,2-3,10-11,19H2,1H3,(H,20,22);1H. The van der Waals surface area contributed by atoms with Crippen molar-refractivity contribution in [1.29, 1.82) is 0 Å². The highest BCUT2D eigenvalue weighted by Crippen LogP contribution is 2.18. The van der Waals surface area contributed by atoms with Crippen LogP contribution >= 0.6 is 12.4 Å². The predicted molar refractivity (Wildman–Crippen MR) is 106 cm³/mol. The van der Waals surface area contributed by atoms with Crippen molar-refractivity contribution < 1.29 is 13.2 Å². The maximum Gasteiger partial charge on any atom is 0.261 e. The van der Waals surface area contributed by atoms with Gasteiger partial charge in [-0.05, 0) is 62.2 Å². The van der Waals surface area contributed by atoms with Gasteiger partial charge in [-0.2, -0.15) is 0 Å². The Morgan fingerprint density at radius 1 is 1.08 bits per heavy atom. The maximum absolute atomic E-state index is 12.5. The second-order valence-corrected chi connectivity index (χ2v) is 7.44. The number of nitrogens with two attached hydrogens (primary N) is 1. The highest BCUT2D eigenvalue weighted by atomic mass is 35.5. The number of nitrogens with one attached hydrogen (secondary N) is 2. The molecule has 8 heteroatoms. The molecule has 142 valence electrons. The summed E-state index contributed by atoms with van der Waals surface area (Å²) in [5.74, 6) is -0.301. The third-order valence-electron chi connectivity index (χ3n) is 3.59. The van der Waals surface area contributed by atoms with E-state index in [1.54, 1.807) is 30.3 Å². The number of hydrogen-bond acceptors (Lipinski definition) is 4. The van der Waals surface area contributed by atoms with Crippen LogP contribution in [0.2, 0.25) is 0 Å². The summed E-state index contributed by atoms with van der Waals surface area (Å²) in [5, 5.41) is 2.76. The molecule has 6 nitrogen and oxygen atoms in total. The number of unbranched alkanes of at least 4 members (excludes halogenated alkanes) is 1. The zero-order chi connectivity index (χ0) is 18.3. The topological polar surface area (TPSA) is 101 Å². The van der Waals surface area contributed by atoms with Gasteiger partial charge in [-0.1, -0.05) is 18.2 Å². The van der Waals surface area contributed by atoms with Crippen LogP contribution in [0.25, 0.3) is 0 Å². The Morgan fingerprint density at radius 2 is 1.81 bits per heavy atom. The monoisotopic (exact) mass is 397 g/mol. The van der Waals surface area contributed by atoms with Crippen molar-refractivity contribution in [2.45, 2.75) is 24.7 Å². The first-order valence-electron chi connectivity index (χ1n) is 8.10. The Bertz CT molecular complexity index is 841. The van der Waals surface area contributed by atoms with E-state index in [1.807, 2.05) is 13.0 Å². The first-order valence-corrected chi connectivity index (χ1v) is 9.58. The van der Waals surface area contributed by atoms with Crippen molar-refractivity contribution in [2.75, 3.05) is 17.8 Å². The average Bonchev–Trinajstić information content (AvgIpc) is 2.58. The summed E-state index contributed by atoms with van der Waals surface area (Å²) in [6.07, 6.45) is 1.62. The molecule has 0 radical (unpaired) electrons. The molecule has 0 bridgehead atoms. The average molecular weight is 398 g/mol. The van der Waals surface area contributed by atoms with Crippen LogP contribution in [-0.2, 0) is 10.0 Å². The van der Waals surface area contributed by atoms with Crippen LogP contribution in [0, 0.1) is 6.92 Å². The molecule has 1 amide bonds. The van der Waals surface area contributed by atoms with Crippen molar-refractivity contribution in [3.63, 3.8) is 0 Å². The number of rotatable bonds is 8. The van der Waals surface area contributed by atoms with E-state index in [0.29, 0.717) is 24.3 Å². The molecule has 4 N–H and O–H groups in total. The highest BCUT2D eigenvalue weighted by Gasteiger charge is 2.16. The Labute approximate surface area is 160 Å². The quantitative estimate of drug-likeness (QED) is 0.596. The van der Waals surface area contributed by atoms with E-state index in [4.69, 9.17) is 5.73 Å². The zero-order valence-electron chi connectivity index (χ0n) is 14.6. The molecule has 0 aromatic heterocycles. The molecule has 0 aliphatic heterocycles. The number of carbonyl (C=O) groups excluding carboxylic acids is 1. The van der Waals surface area contributed by atoms with Crippen molar-refractivity contribution in [2.24, 2.45) is 5.73 Å². The van der Waals surface area contributed by atoms with E-state index in [1.165, 1.54) is 12.1 Å². The molecule has 0 saturated carbocycles. The van der Waals surface area contributed by atoms with Gasteiger partial charge < -0.3 is 11.1 Å². The number of hydrogen-bond donors (Lipinski definition) is 3. The zero-order valence-corrected chi connectivity index (χ0v) is 16.2. The second-order valence-electron chi connectivity index (χ2n) is 5.75. The molecule has 2 aromatic carbocycles. The van der Waals surface area contributed by atoms with Gasteiger partial charge in [0.05, 0.1) is 4.90 Å². The van der Waals surface area contributed by atoms with E-state index >= 15 is 0 Å². The molecule has 0 spiro atoms. The highest BCUT2D eigenvalue weighted by molar-refractivity contribution is 7.92. The Balaban J connectivity index is 0.00000338. The molecular formula is C18H24ClN3O3S. The fourth-order valence-corrected chi connectivity index (χ4v) is 3.40. The third-order valence-corrected chi connectivity index (χ3v) is 4.97. The number of amides is 1. The molecule has 0 saturated heterocycles. The fourth-order valence-electron chi connectivity index (χ4n) is 2.30. The lowest BCUT2D eigenvalue weighted by atomic mass is 10.2. The number of sulfonamides is 1. The van der Waals surface area contributed by atoms with Crippen molar-refractivity contribution in [3.8, 4) is 0 Å². The number of halogens is 1. The Kier molecular flexibility index (Phi) is 8.57. The van der Waals surface area contributed by atoms with Gasteiger partial charge in [0.25, 0.3) is 15.9 Å². The van der Waals surface area contributed by atoms with Crippen LogP contribution in [0.5, 0.6) is 0 Å². The lowest BCUT2D eigenvalue weighted by molar-refractivity contribution is 0.0953. The number of benzene rings is 2. The number of aryl methyl sites for hydroxylation is 1. The number of carbonyl (C=O) groups is 1. The molecule has 0 unspecified atom stereocenters. The Morgan fingerprint density at radius 3 is 2.50 bits per heavy atom. The van der Waals surface area contributed by atoms with E-state index in [9.17, 15) is 13.2 Å². The van der Waals surface area contributed by atoms with Gasteiger partial charge >= 0.3 is 0 Å². The van der Waals surface area contributed by atoms with Gasteiger partial charge in [-0.15, -0.1) is 12.4 Å². The summed E-state index contributed by atoms with van der Waals surface area (Å²) in [6.45, 7) is 2.97. The molecule has 2 aromatic rings. The molecule has 26 heavy (non-hydrogen) atoms. The van der Waals surface area contributed by atoms with Gasteiger partial charge in [0.2, 0.25) is 0 Å². The van der Waals surface area contributed by atoms with Crippen LogP contribution in [0.4, 0.5) is 5.69 Å². The minimum Gasteiger partial charge on any atom is -0.352 e.